The van der Waals surface area contributed by atoms with Crippen LogP contribution in [0.25, 0.3) is 0 Å². The number of carbonyl (C=O) groups excluding carboxylic acids is 3. The first-order chi connectivity index (χ1) is 17.6. The molecule has 0 fully saturated rings. The molecule has 0 radical (unpaired) electrons. The molecular weight excluding hydrogens is 494 g/mol. The number of hydrogen-bond acceptors (Lipinski definition) is 11. The van der Waals surface area contributed by atoms with Crippen LogP contribution in [0.2, 0.25) is 0 Å². The molecule has 196 valence electrons. The molecule has 0 spiro atoms. The summed E-state index contributed by atoms with van der Waals surface area (Å²) in [5.41, 5.74) is 3.33. The lowest BCUT2D eigenvalue weighted by molar-refractivity contribution is -0.475. The van der Waals surface area contributed by atoms with Gasteiger partial charge in [-0.15, -0.1) is 5.48 Å². The third-order valence-electron chi connectivity index (χ3n) is 5.58. The van der Waals surface area contributed by atoms with E-state index in [-0.39, 0.29) is 43.6 Å². The largest absolute Gasteiger partial charge is 0.543 e. The van der Waals surface area contributed by atoms with E-state index in [1.54, 1.807) is 0 Å². The molecule has 1 aromatic rings. The van der Waals surface area contributed by atoms with Gasteiger partial charge in [0.1, 0.15) is 18.0 Å². The normalized spacial score (nSPS) is 21.4. The predicted octanol–water partition coefficient (Wildman–Crippen LogP) is -1.52. The summed E-state index contributed by atoms with van der Waals surface area (Å²) >= 11 is 0. The van der Waals surface area contributed by atoms with Gasteiger partial charge in [-0.3, -0.25) is 9.59 Å². The van der Waals surface area contributed by atoms with Crippen molar-refractivity contribution in [3.8, 4) is 11.5 Å². The summed E-state index contributed by atoms with van der Waals surface area (Å²) in [4.78, 5) is 61.0. The van der Waals surface area contributed by atoms with Gasteiger partial charge < -0.3 is 44.9 Å². The van der Waals surface area contributed by atoms with Crippen LogP contribution in [0.1, 0.15) is 24.8 Å². The van der Waals surface area contributed by atoms with Crippen molar-refractivity contribution in [1.29, 1.82) is 0 Å². The number of aromatic hydroxyl groups is 1. The quantitative estimate of drug-likeness (QED) is 0.121. The number of benzene rings is 1. The Labute approximate surface area is 209 Å². The zero-order valence-corrected chi connectivity index (χ0v) is 19.2. The maximum atomic E-state index is 11.8. The molecule has 3 atom stereocenters. The van der Waals surface area contributed by atoms with Crippen molar-refractivity contribution in [3.63, 3.8) is 0 Å². The van der Waals surface area contributed by atoms with Crippen molar-refractivity contribution < 1.29 is 58.5 Å². The number of ether oxygens (including phenoxy) is 1. The van der Waals surface area contributed by atoms with Crippen LogP contribution in [0.15, 0.2) is 35.6 Å². The van der Waals surface area contributed by atoms with Gasteiger partial charge in [-0.25, -0.2) is 4.79 Å². The molecule has 1 unspecified atom stereocenters. The van der Waals surface area contributed by atoms with E-state index in [1.165, 1.54) is 35.1 Å². The summed E-state index contributed by atoms with van der Waals surface area (Å²) < 4.78 is 6.13. The van der Waals surface area contributed by atoms with Crippen LogP contribution < -0.4 is 20.7 Å². The fourth-order valence-electron chi connectivity index (χ4n) is 3.80. The van der Waals surface area contributed by atoms with E-state index in [2.05, 4.69) is 10.8 Å². The first kappa shape index (κ1) is 26.9. The monoisotopic (exact) mass is 517 g/mol. The number of fused-ring (bicyclic) bond motifs is 1. The van der Waals surface area contributed by atoms with Crippen LogP contribution in [-0.2, 0) is 35.1 Å². The van der Waals surface area contributed by atoms with Gasteiger partial charge in [0.05, 0.1) is 12.1 Å². The Morgan fingerprint density at radius 2 is 2.00 bits per heavy atom. The van der Waals surface area contributed by atoms with E-state index in [0.29, 0.717) is 23.1 Å². The standard InChI is InChI=1S/C23H23N3O11/c27-10-14(1-2-21(30)31)25-37-19-8-13-7-17(23(34)35)26(16(13)9-18(19)29)4-3-12-5-15(22(32)33)24-20(6-12)36-11-28/h3-5,8-11,14,17,20,25H,1-2,6-7H2,(H4,29,30,31,32,33,34,35)/t14-,17-,20?/m0/s1. The van der Waals surface area contributed by atoms with Gasteiger partial charge in [0.2, 0.25) is 11.7 Å². The molecule has 2 aliphatic heterocycles. The molecule has 2 heterocycles. The summed E-state index contributed by atoms with van der Waals surface area (Å²) in [5.74, 6) is -4.29. The lowest BCUT2D eigenvalue weighted by Gasteiger charge is -2.23. The van der Waals surface area contributed by atoms with Crippen LogP contribution >= 0.6 is 0 Å². The van der Waals surface area contributed by atoms with E-state index >= 15 is 0 Å². The fraction of sp³-hybridized carbons (Fsp3) is 0.304. The van der Waals surface area contributed by atoms with E-state index in [0.717, 1.165) is 0 Å². The lowest BCUT2D eigenvalue weighted by Crippen LogP contribution is -2.40. The summed E-state index contributed by atoms with van der Waals surface area (Å²) in [6.07, 6.45) is 3.40. The average Bonchev–Trinajstić information content (AvgIpc) is 3.20. The smallest absolute Gasteiger partial charge is 0.352 e. The Bertz CT molecular complexity index is 1200. The number of carbonyl (C=O) groups is 5. The first-order valence-electron chi connectivity index (χ1n) is 10.9. The van der Waals surface area contributed by atoms with Gasteiger partial charge in [-0.1, -0.05) is 0 Å². The van der Waals surface area contributed by atoms with Crippen LogP contribution in [0.3, 0.4) is 0 Å². The van der Waals surface area contributed by atoms with Crippen LogP contribution in [0.4, 0.5) is 5.69 Å². The third-order valence-corrected chi connectivity index (χ3v) is 5.58. The number of aliphatic carboxylic acids is 3. The van der Waals surface area contributed by atoms with Gasteiger partial charge in [0, 0.05) is 30.9 Å². The Kier molecular flexibility index (Phi) is 8.58. The molecule has 1 aromatic carbocycles. The van der Waals surface area contributed by atoms with Crippen molar-refractivity contribution in [1.82, 2.24) is 10.8 Å². The maximum Gasteiger partial charge on any atom is 0.352 e. The van der Waals surface area contributed by atoms with Crippen molar-refractivity contribution in [3.05, 3.63) is 41.1 Å². The lowest BCUT2D eigenvalue weighted by atomic mass is 10.1. The second kappa shape index (κ2) is 11.8. The molecule has 3 rings (SSSR count). The average molecular weight is 517 g/mol. The van der Waals surface area contributed by atoms with Gasteiger partial charge in [0.15, 0.2) is 23.9 Å². The molecule has 0 bridgehead atoms. The highest BCUT2D eigenvalue weighted by atomic mass is 16.7. The van der Waals surface area contributed by atoms with Crippen molar-refractivity contribution >= 4 is 42.6 Å². The topological polar surface area (TPSA) is 215 Å². The number of phenols is 1. The number of carboxylic acids is 3. The minimum Gasteiger partial charge on any atom is -0.543 e. The zero-order chi connectivity index (χ0) is 27.1. The molecule has 37 heavy (non-hydrogen) atoms. The SMILES string of the molecule is O=COC1C/C(=C\C=[N+]2c3cc(O)c(ON[C@H](C=O)CCC(=O)O)cc3C[C@H]2C(=O)[O-])C=C(C(=O)O)N1. The summed E-state index contributed by atoms with van der Waals surface area (Å²) in [7, 11) is 0. The Hall–Kier alpha value is -4.72. The molecule has 0 saturated heterocycles. The number of nitrogens with one attached hydrogen (secondary N) is 2. The number of rotatable bonds is 12. The maximum absolute atomic E-state index is 11.8. The summed E-state index contributed by atoms with van der Waals surface area (Å²) in [6.45, 7) is 0.174. The van der Waals surface area contributed by atoms with E-state index in [4.69, 9.17) is 14.7 Å². The Morgan fingerprint density at radius 3 is 2.62 bits per heavy atom. The number of nitrogens with zero attached hydrogens (tertiary/aromatic N) is 1. The van der Waals surface area contributed by atoms with Gasteiger partial charge in [0.25, 0.3) is 6.47 Å². The third kappa shape index (κ3) is 6.70. The van der Waals surface area contributed by atoms with Crippen LogP contribution in [0.5, 0.6) is 11.5 Å². The Morgan fingerprint density at radius 1 is 1.24 bits per heavy atom. The molecule has 0 amide bonds. The molecule has 0 saturated carbocycles. The number of hydrogen-bond donors (Lipinski definition) is 5. The number of carboxylic acid groups (broad SMARTS) is 3. The van der Waals surface area contributed by atoms with E-state index < -0.39 is 42.0 Å². The minimum absolute atomic E-state index is 0.0290. The van der Waals surface area contributed by atoms with Gasteiger partial charge in [-0.05, 0) is 24.1 Å². The molecule has 14 heteroatoms. The summed E-state index contributed by atoms with van der Waals surface area (Å²) in [6, 6.07) is 0.488. The zero-order valence-electron chi connectivity index (χ0n) is 19.2. The second-order valence-electron chi connectivity index (χ2n) is 8.11. The molecule has 2 aliphatic rings. The van der Waals surface area contributed by atoms with Crippen molar-refractivity contribution in [2.24, 2.45) is 0 Å². The fourth-order valence-corrected chi connectivity index (χ4v) is 3.80. The van der Waals surface area contributed by atoms with Gasteiger partial charge in [-0.2, -0.15) is 4.58 Å². The highest BCUT2D eigenvalue weighted by Gasteiger charge is 2.37. The number of phenolic OH excluding ortho intramolecular Hbond substituents is 1. The predicted molar refractivity (Wildman–Crippen MR) is 120 cm³/mol. The number of hydroxylamine groups is 1. The highest BCUT2D eigenvalue weighted by Crippen LogP contribution is 2.39. The summed E-state index contributed by atoms with van der Waals surface area (Å²) in [5, 5.41) is 42.8. The molecule has 0 aromatic heterocycles. The Balaban J connectivity index is 1.89. The molecule has 5 N–H and O–H groups in total. The first-order valence-corrected chi connectivity index (χ1v) is 10.9. The van der Waals surface area contributed by atoms with Gasteiger partial charge >= 0.3 is 11.9 Å². The van der Waals surface area contributed by atoms with Crippen LogP contribution in [-0.4, -0.2) is 75.1 Å². The van der Waals surface area contributed by atoms with E-state index in [9.17, 15) is 39.3 Å². The van der Waals surface area contributed by atoms with Crippen molar-refractivity contribution in [2.45, 2.75) is 44.0 Å². The van der Waals surface area contributed by atoms with Crippen LogP contribution in [0, 0.1) is 0 Å². The highest BCUT2D eigenvalue weighted by molar-refractivity contribution is 5.87. The molecule has 0 aliphatic carbocycles. The molecule has 14 nitrogen and oxygen atoms in total. The van der Waals surface area contributed by atoms with E-state index in [1.807, 2.05) is 0 Å². The minimum atomic E-state index is -1.41. The number of allylic oxidation sites excluding steroid dienone is 2. The molecular formula is C23H23N3O11. The second-order valence-corrected chi connectivity index (χ2v) is 8.11. The number of aldehydes is 1. The van der Waals surface area contributed by atoms with Crippen molar-refractivity contribution in [2.75, 3.05) is 0 Å².